The van der Waals surface area contributed by atoms with Crippen LogP contribution in [0.15, 0.2) is 18.2 Å². The van der Waals surface area contributed by atoms with Crippen molar-refractivity contribution in [3.05, 3.63) is 29.6 Å². The lowest BCUT2D eigenvalue weighted by Gasteiger charge is -2.33. The Morgan fingerprint density at radius 2 is 1.86 bits per heavy atom. The molecule has 8 heteroatoms. The van der Waals surface area contributed by atoms with E-state index in [2.05, 4.69) is 24.1 Å². The molecule has 204 valence electrons. The zero-order chi connectivity index (χ0) is 26.0. The second-order valence-corrected chi connectivity index (χ2v) is 12.0. The van der Waals surface area contributed by atoms with Gasteiger partial charge in [0.25, 0.3) is 5.91 Å². The van der Waals surface area contributed by atoms with E-state index in [9.17, 15) is 14.0 Å². The van der Waals surface area contributed by atoms with Crippen molar-refractivity contribution >= 4 is 17.7 Å². The Labute approximate surface area is 220 Å². The summed E-state index contributed by atoms with van der Waals surface area (Å²) < 4.78 is 25.3. The number of carbonyl (C=O) groups is 2. The molecule has 4 aliphatic rings. The van der Waals surface area contributed by atoms with Crippen LogP contribution in [0, 0.1) is 17.7 Å². The van der Waals surface area contributed by atoms with Crippen molar-refractivity contribution in [1.29, 1.82) is 0 Å². The van der Waals surface area contributed by atoms with Crippen molar-refractivity contribution in [1.82, 2.24) is 10.2 Å². The molecule has 0 radical (unpaired) electrons. The van der Waals surface area contributed by atoms with Gasteiger partial charge in [-0.15, -0.1) is 0 Å². The van der Waals surface area contributed by atoms with Gasteiger partial charge in [0.15, 0.2) is 6.10 Å². The zero-order valence-corrected chi connectivity index (χ0v) is 22.3. The van der Waals surface area contributed by atoms with Crippen molar-refractivity contribution in [3.63, 3.8) is 0 Å². The second-order valence-electron chi connectivity index (χ2n) is 12.0. The number of benzene rings is 1. The van der Waals surface area contributed by atoms with Gasteiger partial charge < -0.3 is 24.6 Å². The first-order valence-electron chi connectivity index (χ1n) is 14.2. The fourth-order valence-corrected chi connectivity index (χ4v) is 6.48. The number of fused-ring (bicyclic) bond motifs is 1. The number of morpholine rings is 1. The van der Waals surface area contributed by atoms with Gasteiger partial charge in [0, 0.05) is 43.3 Å². The summed E-state index contributed by atoms with van der Waals surface area (Å²) in [5, 5.41) is 3.00. The van der Waals surface area contributed by atoms with Gasteiger partial charge in [-0.3, -0.25) is 4.79 Å². The normalized spacial score (nSPS) is 23.3. The molecule has 2 atom stereocenters. The van der Waals surface area contributed by atoms with Crippen molar-refractivity contribution in [2.75, 3.05) is 44.3 Å². The summed E-state index contributed by atoms with van der Waals surface area (Å²) in [5.41, 5.74) is 1.90. The highest BCUT2D eigenvalue weighted by Crippen LogP contribution is 2.46. The molecule has 2 aliphatic carbocycles. The lowest BCUT2D eigenvalue weighted by molar-refractivity contribution is -0.145. The molecule has 1 aromatic carbocycles. The highest BCUT2D eigenvalue weighted by Gasteiger charge is 2.43. The van der Waals surface area contributed by atoms with Crippen LogP contribution in [0.2, 0.25) is 0 Å². The van der Waals surface area contributed by atoms with Crippen molar-refractivity contribution in [2.45, 2.75) is 82.8 Å². The summed E-state index contributed by atoms with van der Waals surface area (Å²) in [4.78, 5) is 30.5. The highest BCUT2D eigenvalue weighted by molar-refractivity contribution is 5.83. The smallest absolute Gasteiger partial charge is 0.407 e. The van der Waals surface area contributed by atoms with E-state index >= 15 is 0 Å². The summed E-state index contributed by atoms with van der Waals surface area (Å²) in [6, 6.07) is 5.15. The Bertz CT molecular complexity index is 970. The van der Waals surface area contributed by atoms with Gasteiger partial charge in [-0.25, -0.2) is 9.18 Å². The average molecular weight is 516 g/mol. The third-order valence-electron chi connectivity index (χ3n) is 8.70. The summed E-state index contributed by atoms with van der Waals surface area (Å²) in [5.74, 6) is 0.590. The molecule has 1 aromatic rings. The summed E-state index contributed by atoms with van der Waals surface area (Å²) in [6.07, 6.45) is 7.33. The van der Waals surface area contributed by atoms with E-state index in [0.717, 1.165) is 43.5 Å². The Morgan fingerprint density at radius 1 is 1.14 bits per heavy atom. The fourth-order valence-electron chi connectivity index (χ4n) is 6.48. The Morgan fingerprint density at radius 3 is 2.57 bits per heavy atom. The highest BCUT2D eigenvalue weighted by atomic mass is 19.1. The van der Waals surface area contributed by atoms with Crippen LogP contribution < -0.4 is 10.2 Å². The molecule has 5 rings (SSSR count). The number of hydrogen-bond acceptors (Lipinski definition) is 5. The number of ether oxygens (including phenoxy) is 2. The van der Waals surface area contributed by atoms with Gasteiger partial charge in [-0.1, -0.05) is 46.0 Å². The molecule has 2 saturated carbocycles. The molecule has 0 bridgehead atoms. The van der Waals surface area contributed by atoms with Crippen LogP contribution in [0.1, 0.15) is 70.8 Å². The van der Waals surface area contributed by atoms with Gasteiger partial charge in [-0.05, 0) is 54.9 Å². The van der Waals surface area contributed by atoms with Crippen molar-refractivity contribution in [3.8, 4) is 0 Å². The van der Waals surface area contributed by atoms with Crippen LogP contribution in [0.4, 0.5) is 14.9 Å². The maximum Gasteiger partial charge on any atom is 0.407 e. The quantitative estimate of drug-likeness (QED) is 0.547. The average Bonchev–Trinajstić information content (AvgIpc) is 3.70. The second kappa shape index (κ2) is 11.2. The molecule has 0 unspecified atom stereocenters. The monoisotopic (exact) mass is 515 g/mol. The largest absolute Gasteiger partial charge is 0.436 e. The zero-order valence-electron chi connectivity index (χ0n) is 22.3. The molecule has 7 nitrogen and oxygen atoms in total. The van der Waals surface area contributed by atoms with E-state index < -0.39 is 12.2 Å². The van der Waals surface area contributed by atoms with E-state index in [1.165, 1.54) is 25.3 Å². The van der Waals surface area contributed by atoms with Gasteiger partial charge in [0.1, 0.15) is 5.82 Å². The van der Waals surface area contributed by atoms with Crippen LogP contribution in [0.5, 0.6) is 0 Å². The van der Waals surface area contributed by atoms with Crippen LogP contribution in [0.3, 0.4) is 0 Å². The Kier molecular flexibility index (Phi) is 7.93. The third kappa shape index (κ3) is 6.21. The number of rotatable bonds is 8. The van der Waals surface area contributed by atoms with E-state index in [1.807, 2.05) is 6.07 Å². The summed E-state index contributed by atoms with van der Waals surface area (Å²) >= 11 is 0. The molecule has 1 N–H and O–H groups in total. The first kappa shape index (κ1) is 26.3. The number of halogens is 1. The number of nitrogens with zero attached hydrogens (tertiary/aromatic N) is 2. The van der Waals surface area contributed by atoms with Crippen LogP contribution in [-0.2, 0) is 19.7 Å². The van der Waals surface area contributed by atoms with Gasteiger partial charge in [-0.2, -0.15) is 0 Å². The van der Waals surface area contributed by atoms with Crippen molar-refractivity contribution < 1.29 is 23.5 Å². The van der Waals surface area contributed by atoms with Crippen LogP contribution in [-0.4, -0.2) is 68.4 Å². The maximum absolute atomic E-state index is 14.0. The third-order valence-corrected chi connectivity index (χ3v) is 8.70. The molecular formula is C29H42FN3O4. The number of amides is 2. The topological polar surface area (TPSA) is 71.1 Å². The summed E-state index contributed by atoms with van der Waals surface area (Å²) in [6.45, 7) is 7.64. The van der Waals surface area contributed by atoms with E-state index in [1.54, 1.807) is 11.0 Å². The minimum atomic E-state index is -0.755. The SMILES string of the molecule is CC1(C)CN([C@H](CNC(=O)O[C@@H](CC2CCCCC2)C(=O)N2CCOCC2)C2CC2)c2ccc(F)cc21. The molecule has 0 spiro atoms. The van der Waals surface area contributed by atoms with Gasteiger partial charge in [0.05, 0.1) is 13.2 Å². The molecule has 2 amide bonds. The first-order valence-corrected chi connectivity index (χ1v) is 14.2. The number of carbonyl (C=O) groups excluding carboxylic acids is 2. The Hall–Kier alpha value is -2.35. The van der Waals surface area contributed by atoms with E-state index in [0.29, 0.717) is 51.1 Å². The summed E-state index contributed by atoms with van der Waals surface area (Å²) in [7, 11) is 0. The predicted molar refractivity (Wildman–Crippen MR) is 140 cm³/mol. The predicted octanol–water partition coefficient (Wildman–Crippen LogP) is 4.63. The molecule has 37 heavy (non-hydrogen) atoms. The lowest BCUT2D eigenvalue weighted by atomic mass is 9.85. The Balaban J connectivity index is 1.24. The van der Waals surface area contributed by atoms with E-state index in [-0.39, 0.29) is 23.2 Å². The number of anilines is 1. The number of nitrogens with one attached hydrogen (secondary N) is 1. The minimum Gasteiger partial charge on any atom is -0.436 e. The van der Waals surface area contributed by atoms with Gasteiger partial charge in [0.2, 0.25) is 0 Å². The molecule has 0 aromatic heterocycles. The van der Waals surface area contributed by atoms with Crippen molar-refractivity contribution in [2.24, 2.45) is 11.8 Å². The molecule has 1 saturated heterocycles. The van der Waals surface area contributed by atoms with Crippen LogP contribution in [0.25, 0.3) is 0 Å². The first-order chi connectivity index (χ1) is 17.8. The van der Waals surface area contributed by atoms with E-state index in [4.69, 9.17) is 9.47 Å². The minimum absolute atomic E-state index is 0.0972. The molecule has 3 fully saturated rings. The standard InChI is InChI=1S/C29H42FN3O4/c1-29(2)19-33(24-11-10-22(30)17-23(24)29)25(21-8-9-21)18-31-28(35)37-26(16-20-6-4-3-5-7-20)27(34)32-12-14-36-15-13-32/h10-11,17,20-21,25-26H,3-9,12-16,18-19H2,1-2H3,(H,31,35)/t25-,26+/m1/s1. The molecule has 2 aliphatic heterocycles. The number of hydrogen-bond donors (Lipinski definition) is 1. The molecular weight excluding hydrogens is 473 g/mol. The molecule has 2 heterocycles. The number of alkyl carbamates (subject to hydrolysis) is 1. The lowest BCUT2D eigenvalue weighted by Crippen LogP contribution is -2.50. The van der Waals surface area contributed by atoms with Crippen LogP contribution >= 0.6 is 0 Å². The van der Waals surface area contributed by atoms with Gasteiger partial charge >= 0.3 is 6.09 Å². The maximum atomic E-state index is 14.0. The fraction of sp³-hybridized carbons (Fsp3) is 0.724.